The van der Waals surface area contributed by atoms with Crippen LogP contribution in [0.3, 0.4) is 0 Å². The summed E-state index contributed by atoms with van der Waals surface area (Å²) >= 11 is 1.79. The lowest BCUT2D eigenvalue weighted by Gasteiger charge is -2.30. The van der Waals surface area contributed by atoms with Crippen molar-refractivity contribution in [2.75, 3.05) is 32.6 Å². The zero-order chi connectivity index (χ0) is 15.5. The maximum absolute atomic E-state index is 12.8. The van der Waals surface area contributed by atoms with Crippen molar-refractivity contribution in [3.8, 4) is 5.75 Å². The summed E-state index contributed by atoms with van der Waals surface area (Å²) in [6, 6.07) is 4.91. The number of sulfonamides is 1. The molecule has 1 aromatic carbocycles. The van der Waals surface area contributed by atoms with Gasteiger partial charge in [-0.05, 0) is 30.2 Å². The Hall–Kier alpha value is -0.760. The molecule has 1 aliphatic rings. The number of benzene rings is 1. The van der Waals surface area contributed by atoms with Crippen molar-refractivity contribution in [2.45, 2.75) is 23.5 Å². The third-order valence-electron chi connectivity index (χ3n) is 3.47. The number of aliphatic hydroxyl groups excluding tert-OH is 1. The average molecular weight is 331 g/mol. The Labute approximate surface area is 130 Å². The van der Waals surface area contributed by atoms with Crippen molar-refractivity contribution in [3.63, 3.8) is 0 Å². The molecule has 1 heterocycles. The summed E-state index contributed by atoms with van der Waals surface area (Å²) in [7, 11) is -1.98. The van der Waals surface area contributed by atoms with Gasteiger partial charge < -0.3 is 9.84 Å². The Kier molecular flexibility index (Phi) is 5.54. The topological polar surface area (TPSA) is 66.8 Å². The Morgan fingerprint density at radius 2 is 2.24 bits per heavy atom. The Bertz CT molecular complexity index is 589. The first-order valence-electron chi connectivity index (χ1n) is 6.88. The van der Waals surface area contributed by atoms with E-state index in [1.54, 1.807) is 30.0 Å². The summed E-state index contributed by atoms with van der Waals surface area (Å²) in [6.45, 7) is 3.00. The Morgan fingerprint density at radius 3 is 2.86 bits per heavy atom. The second-order valence-corrected chi connectivity index (χ2v) is 8.44. The van der Waals surface area contributed by atoms with Gasteiger partial charge in [-0.25, -0.2) is 8.42 Å². The number of ether oxygens (including phenoxy) is 1. The van der Waals surface area contributed by atoms with Gasteiger partial charge in [0.25, 0.3) is 0 Å². The van der Waals surface area contributed by atoms with Crippen LogP contribution in [0.5, 0.6) is 5.75 Å². The summed E-state index contributed by atoms with van der Waals surface area (Å²) in [5.74, 6) is 1.41. The molecule has 118 valence electrons. The van der Waals surface area contributed by atoms with Crippen molar-refractivity contribution in [1.29, 1.82) is 0 Å². The highest BCUT2D eigenvalue weighted by atomic mass is 32.2. The molecule has 0 radical (unpaired) electrons. The molecule has 7 heteroatoms. The molecule has 1 fully saturated rings. The number of thioether (sulfide) groups is 1. The highest BCUT2D eigenvalue weighted by Crippen LogP contribution is 2.28. The van der Waals surface area contributed by atoms with Gasteiger partial charge in [0.1, 0.15) is 5.75 Å². The van der Waals surface area contributed by atoms with E-state index in [0.717, 1.165) is 5.75 Å². The predicted molar refractivity (Wildman–Crippen MR) is 84.5 cm³/mol. The third kappa shape index (κ3) is 3.71. The van der Waals surface area contributed by atoms with E-state index in [-0.39, 0.29) is 11.5 Å². The average Bonchev–Trinajstić information content (AvgIpc) is 2.47. The van der Waals surface area contributed by atoms with Crippen molar-refractivity contribution >= 4 is 21.8 Å². The van der Waals surface area contributed by atoms with Crippen LogP contribution < -0.4 is 4.74 Å². The minimum absolute atomic E-state index is 0.0953. The highest BCUT2D eigenvalue weighted by Gasteiger charge is 2.30. The molecule has 21 heavy (non-hydrogen) atoms. The second-order valence-electron chi connectivity index (χ2n) is 4.99. The van der Waals surface area contributed by atoms with E-state index in [4.69, 9.17) is 4.74 Å². The molecular weight excluding hydrogens is 310 g/mol. The van der Waals surface area contributed by atoms with Gasteiger partial charge >= 0.3 is 0 Å². The van der Waals surface area contributed by atoms with Crippen molar-refractivity contribution in [1.82, 2.24) is 4.31 Å². The van der Waals surface area contributed by atoms with Gasteiger partial charge in [-0.15, -0.1) is 0 Å². The molecule has 1 N–H and O–H groups in total. The zero-order valence-corrected chi connectivity index (χ0v) is 13.9. The second kappa shape index (κ2) is 7.00. The van der Waals surface area contributed by atoms with E-state index in [2.05, 4.69) is 0 Å². The molecule has 2 rings (SSSR count). The smallest absolute Gasteiger partial charge is 0.243 e. The van der Waals surface area contributed by atoms with Gasteiger partial charge in [-0.1, -0.05) is 6.92 Å². The number of methoxy groups -OCH3 is 1. The highest BCUT2D eigenvalue weighted by molar-refractivity contribution is 8.00. The maximum atomic E-state index is 12.8. The summed E-state index contributed by atoms with van der Waals surface area (Å²) < 4.78 is 32.3. The summed E-state index contributed by atoms with van der Waals surface area (Å²) in [6.07, 6.45) is 0.296. The van der Waals surface area contributed by atoms with E-state index < -0.39 is 10.0 Å². The number of nitrogens with zero attached hydrogens (tertiary/aromatic N) is 1. The first-order valence-corrected chi connectivity index (χ1v) is 9.37. The van der Waals surface area contributed by atoms with Crippen LogP contribution in [0.2, 0.25) is 0 Å². The third-order valence-corrected chi connectivity index (χ3v) is 6.57. The van der Waals surface area contributed by atoms with E-state index in [9.17, 15) is 13.5 Å². The molecule has 0 aliphatic carbocycles. The minimum atomic E-state index is -3.52. The van der Waals surface area contributed by atoms with Crippen LogP contribution in [0.4, 0.5) is 0 Å². The van der Waals surface area contributed by atoms with Crippen LogP contribution in [0.1, 0.15) is 12.5 Å². The largest absolute Gasteiger partial charge is 0.497 e. The normalized spacial score (nSPS) is 20.4. The number of rotatable bonds is 5. The van der Waals surface area contributed by atoms with Crippen LogP contribution in [0, 0.1) is 0 Å². The molecule has 5 nitrogen and oxygen atoms in total. The fraction of sp³-hybridized carbons (Fsp3) is 0.571. The van der Waals surface area contributed by atoms with Gasteiger partial charge in [0, 0.05) is 30.7 Å². The summed E-state index contributed by atoms with van der Waals surface area (Å²) in [5, 5.41) is 9.47. The lowest BCUT2D eigenvalue weighted by Crippen LogP contribution is -2.41. The van der Waals surface area contributed by atoms with Crippen LogP contribution in [0.25, 0.3) is 0 Å². The monoisotopic (exact) mass is 331 g/mol. The van der Waals surface area contributed by atoms with Crippen LogP contribution in [0.15, 0.2) is 23.1 Å². The van der Waals surface area contributed by atoms with Gasteiger partial charge in [0.15, 0.2) is 0 Å². The number of hydrogen-bond donors (Lipinski definition) is 1. The van der Waals surface area contributed by atoms with E-state index in [1.165, 1.54) is 11.4 Å². The quantitative estimate of drug-likeness (QED) is 0.882. The molecule has 1 unspecified atom stereocenters. The van der Waals surface area contributed by atoms with Gasteiger partial charge in [0.05, 0.1) is 12.0 Å². The molecule has 0 spiro atoms. The molecule has 1 aromatic rings. The molecule has 1 atom stereocenters. The molecule has 0 amide bonds. The predicted octanol–water partition coefficient (Wildman–Crippen LogP) is 1.36. The van der Waals surface area contributed by atoms with Crippen LogP contribution in [-0.2, 0) is 16.4 Å². The van der Waals surface area contributed by atoms with Gasteiger partial charge in [0.2, 0.25) is 10.0 Å². The first-order chi connectivity index (χ1) is 9.98. The fourth-order valence-electron chi connectivity index (χ4n) is 2.39. The lowest BCUT2D eigenvalue weighted by molar-refractivity contribution is 0.298. The number of hydrogen-bond acceptors (Lipinski definition) is 5. The molecule has 0 bridgehead atoms. The summed E-state index contributed by atoms with van der Waals surface area (Å²) in [5.41, 5.74) is 0.600. The fourth-order valence-corrected chi connectivity index (χ4v) is 5.38. The SMILES string of the molecule is COc1ccc(S(=O)(=O)N2CCSC(C)C2)c(CCO)c1. The zero-order valence-electron chi connectivity index (χ0n) is 12.3. The van der Waals surface area contributed by atoms with E-state index in [0.29, 0.717) is 36.1 Å². The molecule has 1 saturated heterocycles. The Morgan fingerprint density at radius 1 is 1.48 bits per heavy atom. The van der Waals surface area contributed by atoms with Crippen molar-refractivity contribution < 1.29 is 18.3 Å². The number of aliphatic hydroxyl groups is 1. The molecule has 1 aliphatic heterocycles. The summed E-state index contributed by atoms with van der Waals surface area (Å²) in [4.78, 5) is 0.274. The van der Waals surface area contributed by atoms with Crippen LogP contribution in [-0.4, -0.2) is 55.6 Å². The van der Waals surface area contributed by atoms with Gasteiger partial charge in [-0.2, -0.15) is 16.1 Å². The minimum Gasteiger partial charge on any atom is -0.497 e. The van der Waals surface area contributed by atoms with E-state index in [1.807, 2.05) is 6.92 Å². The van der Waals surface area contributed by atoms with Crippen LogP contribution >= 0.6 is 11.8 Å². The first kappa shape index (κ1) is 16.6. The van der Waals surface area contributed by atoms with Crippen molar-refractivity contribution in [3.05, 3.63) is 23.8 Å². The van der Waals surface area contributed by atoms with Crippen molar-refractivity contribution in [2.24, 2.45) is 0 Å². The standard InChI is InChI=1S/C14H21NO4S2/c1-11-10-15(6-8-20-11)21(17,18)14-4-3-13(19-2)9-12(14)5-7-16/h3-4,9,11,16H,5-8,10H2,1-2H3. The van der Waals surface area contributed by atoms with E-state index >= 15 is 0 Å². The maximum Gasteiger partial charge on any atom is 0.243 e. The Balaban J connectivity index is 2.38. The molecule has 0 aromatic heterocycles. The molecule has 0 saturated carbocycles. The van der Waals surface area contributed by atoms with Gasteiger partial charge in [-0.3, -0.25) is 0 Å². The molecular formula is C14H21NO4S2. The lowest BCUT2D eigenvalue weighted by atomic mass is 10.1.